The molecule has 3 rings (SSSR count). The Balaban J connectivity index is 1.60. The lowest BCUT2D eigenvalue weighted by Gasteiger charge is -2.16. The van der Waals surface area contributed by atoms with E-state index in [1.165, 1.54) is 51.4 Å². The van der Waals surface area contributed by atoms with Crippen LogP contribution in [0.5, 0.6) is 5.75 Å². The zero-order valence-corrected chi connectivity index (χ0v) is 17.2. The minimum absolute atomic E-state index is 0.358. The number of rotatable bonds is 5. The van der Waals surface area contributed by atoms with Crippen molar-refractivity contribution in [3.63, 3.8) is 0 Å². The first-order valence-corrected chi connectivity index (χ1v) is 10.7. The van der Waals surface area contributed by atoms with Crippen molar-refractivity contribution in [2.24, 2.45) is 5.92 Å². The second-order valence-electron chi connectivity index (χ2n) is 8.14. The normalized spacial score (nSPS) is 15.8. The third kappa shape index (κ3) is 6.05. The lowest BCUT2D eigenvalue weighted by atomic mass is 9.90. The molecule has 31 heavy (non-hydrogen) atoms. The molecule has 2 aromatic rings. The minimum Gasteiger partial charge on any atom is -0.420 e. The molecule has 0 amide bonds. The second kappa shape index (κ2) is 10.7. The van der Waals surface area contributed by atoms with E-state index < -0.39 is 40.8 Å². The molecular formula is C24H25F5O2. The Morgan fingerprint density at radius 3 is 1.71 bits per heavy atom. The van der Waals surface area contributed by atoms with Crippen molar-refractivity contribution in [2.45, 2.75) is 64.2 Å². The topological polar surface area (TPSA) is 26.3 Å². The summed E-state index contributed by atoms with van der Waals surface area (Å²) in [5, 5.41) is 0. The van der Waals surface area contributed by atoms with E-state index in [0.717, 1.165) is 12.0 Å². The molecule has 0 bridgehead atoms. The van der Waals surface area contributed by atoms with E-state index in [1.807, 2.05) is 12.1 Å². The largest absolute Gasteiger partial charge is 0.420 e. The summed E-state index contributed by atoms with van der Waals surface area (Å²) in [5.74, 6) is -13.0. The minimum atomic E-state index is -2.30. The van der Waals surface area contributed by atoms with Gasteiger partial charge in [0.05, 0.1) is 6.42 Å². The van der Waals surface area contributed by atoms with Gasteiger partial charge in [-0.15, -0.1) is 0 Å². The Bertz CT molecular complexity index is 872. The molecule has 0 aliphatic heterocycles. The summed E-state index contributed by atoms with van der Waals surface area (Å²) < 4.78 is 71.3. The fourth-order valence-corrected chi connectivity index (χ4v) is 4.04. The number of hydrogen-bond donors (Lipinski definition) is 0. The molecule has 1 aliphatic rings. The lowest BCUT2D eigenvalue weighted by molar-refractivity contribution is -0.134. The highest BCUT2D eigenvalue weighted by Gasteiger charge is 2.28. The standard InChI is InChI=1S/C24H25F5O2/c25-19-20(26)22(28)24(23(29)21(19)27)31-18(30)14-17-11-9-16(10-12-17)13-15-7-5-3-1-2-4-6-8-15/h9-12,15H,1-8,13-14H2. The molecule has 168 valence electrons. The summed E-state index contributed by atoms with van der Waals surface area (Å²) in [5.41, 5.74) is 1.66. The quantitative estimate of drug-likeness (QED) is 0.168. The molecule has 0 radical (unpaired) electrons. The van der Waals surface area contributed by atoms with Gasteiger partial charge in [0, 0.05) is 0 Å². The van der Waals surface area contributed by atoms with E-state index in [1.54, 1.807) is 12.1 Å². The van der Waals surface area contributed by atoms with Gasteiger partial charge in [-0.05, 0) is 23.5 Å². The van der Waals surface area contributed by atoms with Crippen LogP contribution in [-0.2, 0) is 17.6 Å². The van der Waals surface area contributed by atoms with Gasteiger partial charge in [0.25, 0.3) is 0 Å². The van der Waals surface area contributed by atoms with Crippen LogP contribution in [-0.4, -0.2) is 5.97 Å². The summed E-state index contributed by atoms with van der Waals surface area (Å²) in [6, 6.07) is 7.22. The van der Waals surface area contributed by atoms with Crippen molar-refractivity contribution in [1.29, 1.82) is 0 Å². The van der Waals surface area contributed by atoms with Crippen LogP contribution in [0.2, 0.25) is 0 Å². The van der Waals surface area contributed by atoms with Crippen LogP contribution < -0.4 is 4.74 Å². The smallest absolute Gasteiger partial charge is 0.315 e. The maximum Gasteiger partial charge on any atom is 0.315 e. The average Bonchev–Trinajstić information content (AvgIpc) is 2.89. The molecule has 1 saturated carbocycles. The highest BCUT2D eigenvalue weighted by molar-refractivity contribution is 5.75. The van der Waals surface area contributed by atoms with Gasteiger partial charge < -0.3 is 4.74 Å². The van der Waals surface area contributed by atoms with Crippen LogP contribution in [0.3, 0.4) is 0 Å². The van der Waals surface area contributed by atoms with Gasteiger partial charge in [-0.3, -0.25) is 4.79 Å². The number of ether oxygens (including phenoxy) is 1. The Kier molecular flexibility index (Phi) is 8.04. The van der Waals surface area contributed by atoms with Crippen molar-refractivity contribution < 1.29 is 31.5 Å². The zero-order valence-electron chi connectivity index (χ0n) is 17.2. The van der Waals surface area contributed by atoms with E-state index in [4.69, 9.17) is 0 Å². The van der Waals surface area contributed by atoms with E-state index >= 15 is 0 Å². The molecule has 2 nitrogen and oxygen atoms in total. The van der Waals surface area contributed by atoms with Crippen LogP contribution in [0.25, 0.3) is 0 Å². The Labute approximate surface area is 178 Å². The number of carbonyl (C=O) groups excluding carboxylic acids is 1. The summed E-state index contributed by atoms with van der Waals surface area (Å²) in [6.07, 6.45) is 10.7. The molecule has 0 heterocycles. The van der Waals surface area contributed by atoms with Crippen molar-refractivity contribution >= 4 is 5.97 Å². The van der Waals surface area contributed by atoms with Crippen LogP contribution >= 0.6 is 0 Å². The molecule has 7 heteroatoms. The van der Waals surface area contributed by atoms with Crippen LogP contribution in [0, 0.1) is 35.0 Å². The van der Waals surface area contributed by atoms with Crippen LogP contribution in [0.4, 0.5) is 22.0 Å². The number of halogens is 5. The molecule has 2 aromatic carbocycles. The third-order valence-corrected chi connectivity index (χ3v) is 5.76. The van der Waals surface area contributed by atoms with Gasteiger partial charge in [-0.2, -0.15) is 8.78 Å². The number of esters is 1. The predicted molar refractivity (Wildman–Crippen MR) is 106 cm³/mol. The highest BCUT2D eigenvalue weighted by atomic mass is 19.2. The first kappa shape index (κ1) is 23.2. The Morgan fingerprint density at radius 2 is 1.16 bits per heavy atom. The zero-order chi connectivity index (χ0) is 22.4. The van der Waals surface area contributed by atoms with Gasteiger partial charge in [-0.25, -0.2) is 13.2 Å². The van der Waals surface area contributed by atoms with Gasteiger partial charge in [0.15, 0.2) is 0 Å². The number of benzene rings is 2. The summed E-state index contributed by atoms with van der Waals surface area (Å²) in [6.45, 7) is 0. The molecule has 0 aromatic heterocycles. The first-order chi connectivity index (χ1) is 14.9. The van der Waals surface area contributed by atoms with Crippen LogP contribution in [0.1, 0.15) is 62.5 Å². The lowest BCUT2D eigenvalue weighted by Crippen LogP contribution is -2.15. The first-order valence-electron chi connectivity index (χ1n) is 10.7. The van der Waals surface area contributed by atoms with Gasteiger partial charge in [-0.1, -0.05) is 75.6 Å². The van der Waals surface area contributed by atoms with Crippen molar-refractivity contribution in [3.8, 4) is 5.75 Å². The third-order valence-electron chi connectivity index (χ3n) is 5.76. The van der Waals surface area contributed by atoms with E-state index in [-0.39, 0.29) is 6.42 Å². The molecule has 0 N–H and O–H groups in total. The summed E-state index contributed by atoms with van der Waals surface area (Å²) >= 11 is 0. The average molecular weight is 440 g/mol. The molecule has 0 atom stereocenters. The second-order valence-corrected chi connectivity index (χ2v) is 8.14. The maximum atomic E-state index is 13.7. The predicted octanol–water partition coefficient (Wildman–Crippen LogP) is 6.82. The van der Waals surface area contributed by atoms with Gasteiger partial charge in [0.1, 0.15) is 0 Å². The maximum absolute atomic E-state index is 13.7. The highest BCUT2D eigenvalue weighted by Crippen LogP contribution is 2.29. The molecule has 0 unspecified atom stereocenters. The molecule has 1 fully saturated rings. The van der Waals surface area contributed by atoms with E-state index in [2.05, 4.69) is 4.74 Å². The molecule has 0 spiro atoms. The number of hydrogen-bond acceptors (Lipinski definition) is 2. The van der Waals surface area contributed by atoms with Crippen molar-refractivity contribution in [2.75, 3.05) is 0 Å². The fraction of sp³-hybridized carbons (Fsp3) is 0.458. The van der Waals surface area contributed by atoms with Gasteiger partial charge >= 0.3 is 5.97 Å². The summed E-state index contributed by atoms with van der Waals surface area (Å²) in [4.78, 5) is 12.0. The summed E-state index contributed by atoms with van der Waals surface area (Å²) in [7, 11) is 0. The van der Waals surface area contributed by atoms with Gasteiger partial charge in [0.2, 0.25) is 34.8 Å². The fourth-order valence-electron chi connectivity index (χ4n) is 4.04. The number of carbonyl (C=O) groups is 1. The monoisotopic (exact) mass is 440 g/mol. The van der Waals surface area contributed by atoms with Crippen molar-refractivity contribution in [1.82, 2.24) is 0 Å². The Morgan fingerprint density at radius 1 is 0.710 bits per heavy atom. The Hall–Kier alpha value is -2.44. The van der Waals surface area contributed by atoms with Crippen LogP contribution in [0.15, 0.2) is 24.3 Å². The van der Waals surface area contributed by atoms with Crippen molar-refractivity contribution in [3.05, 3.63) is 64.5 Å². The van der Waals surface area contributed by atoms with E-state index in [9.17, 15) is 26.7 Å². The molecule has 0 saturated heterocycles. The van der Waals surface area contributed by atoms with E-state index in [0.29, 0.717) is 11.5 Å². The molecular weight excluding hydrogens is 415 g/mol. The molecule has 1 aliphatic carbocycles. The SMILES string of the molecule is O=C(Cc1ccc(CC2CCCCCCCC2)cc1)Oc1c(F)c(F)c(F)c(F)c1F.